The van der Waals surface area contributed by atoms with Crippen LogP contribution in [0.4, 0.5) is 14.5 Å². The molecule has 3 N–H and O–H groups in total. The Balaban J connectivity index is 1.23. The number of allylic oxidation sites excluding steroid dienone is 4. The number of fused-ring (bicyclic) bond motifs is 7. The van der Waals surface area contributed by atoms with Gasteiger partial charge in [0.05, 0.1) is 18.3 Å². The van der Waals surface area contributed by atoms with Crippen molar-refractivity contribution in [1.29, 1.82) is 0 Å². The number of piperidine rings is 1. The summed E-state index contributed by atoms with van der Waals surface area (Å²) in [5, 5.41) is 27.2. The first-order chi connectivity index (χ1) is 20.8. The summed E-state index contributed by atoms with van der Waals surface area (Å²) in [7, 11) is 0. The van der Waals surface area contributed by atoms with Crippen LogP contribution in [0.3, 0.4) is 0 Å². The fourth-order valence-electron chi connectivity index (χ4n) is 10.7. The van der Waals surface area contributed by atoms with E-state index in [1.165, 1.54) is 23.8 Å². The SMILES string of the molecule is C[C@]12C[C@H](O)[C@@]3(F)[C@@H](C[C@H](F)C4=CC(=O)C=C[C@@]43C)[C@]1(C)C[C@H]1CN(c3ccc(CC4CCNCC4)cc3)O[C@]12C(=O)CO. The summed E-state index contributed by atoms with van der Waals surface area (Å²) < 4.78 is 33.8. The third-order valence-electron chi connectivity index (χ3n) is 13.1. The maximum atomic E-state index is 17.8. The van der Waals surface area contributed by atoms with E-state index in [1.807, 2.05) is 26.0 Å². The van der Waals surface area contributed by atoms with Gasteiger partial charge in [-0.1, -0.05) is 32.1 Å². The first kappa shape index (κ1) is 30.2. The maximum absolute atomic E-state index is 17.8. The molecule has 0 aromatic heterocycles. The molecule has 3 saturated carbocycles. The van der Waals surface area contributed by atoms with Crippen molar-refractivity contribution in [3.8, 4) is 0 Å². The van der Waals surface area contributed by atoms with Crippen LogP contribution in [0.15, 0.2) is 48.1 Å². The van der Waals surface area contributed by atoms with E-state index in [2.05, 4.69) is 17.4 Å². The Labute approximate surface area is 257 Å². The number of halogens is 2. The zero-order valence-electron chi connectivity index (χ0n) is 25.8. The van der Waals surface area contributed by atoms with Crippen molar-refractivity contribution < 1.29 is 33.4 Å². The van der Waals surface area contributed by atoms with Gasteiger partial charge in [0.25, 0.3) is 0 Å². The predicted octanol–water partition coefficient (Wildman–Crippen LogP) is 4.22. The molecule has 0 amide bonds. The molecular formula is C35H44F2N2O5. The highest BCUT2D eigenvalue weighted by atomic mass is 19.1. The lowest BCUT2D eigenvalue weighted by Gasteiger charge is -2.67. The van der Waals surface area contributed by atoms with Crippen molar-refractivity contribution in [3.05, 3.63) is 53.6 Å². The van der Waals surface area contributed by atoms with Crippen LogP contribution in [0.1, 0.15) is 58.4 Å². The van der Waals surface area contributed by atoms with Crippen molar-refractivity contribution in [2.24, 2.45) is 34.0 Å². The van der Waals surface area contributed by atoms with Gasteiger partial charge in [-0.2, -0.15) is 0 Å². The van der Waals surface area contributed by atoms with E-state index in [1.54, 1.807) is 12.0 Å². The topological polar surface area (TPSA) is 99.1 Å². The number of carbonyl (C=O) groups is 2. The summed E-state index contributed by atoms with van der Waals surface area (Å²) >= 11 is 0. The zero-order chi connectivity index (χ0) is 31.3. The molecule has 0 bridgehead atoms. The number of aliphatic hydroxyl groups is 2. The molecule has 44 heavy (non-hydrogen) atoms. The van der Waals surface area contributed by atoms with Gasteiger partial charge in [0.2, 0.25) is 0 Å². The standard InChI is InChI=1S/C35H44F2N2O5/c1-31-11-8-25(41)15-26(31)27(36)16-28-32(2)17-23-19-39(24-6-4-21(5-7-24)14-22-9-12-38-13-10-22)44-35(23,30(43)20-40)33(32,3)18-29(42)34(28,31)37/h4-8,11,15,22-23,27-29,38,40,42H,9-10,12-14,16-20H2,1-3H3/t23-,27-,28-,29-,31-,32-,33-,34-,35-/m0/s1. The minimum absolute atomic E-state index is 0.0698. The van der Waals surface area contributed by atoms with Crippen molar-refractivity contribution in [2.45, 2.75) is 82.8 Å². The summed E-state index contributed by atoms with van der Waals surface area (Å²) in [5.74, 6) is -1.61. The molecule has 6 aliphatic rings. The molecule has 1 aromatic carbocycles. The highest BCUT2D eigenvalue weighted by Gasteiger charge is 2.83. The number of aliphatic hydroxyl groups excluding tert-OH is 2. The summed E-state index contributed by atoms with van der Waals surface area (Å²) in [6.07, 6.45) is 4.12. The van der Waals surface area contributed by atoms with E-state index in [9.17, 15) is 19.8 Å². The monoisotopic (exact) mass is 610 g/mol. The average molecular weight is 611 g/mol. The Hall–Kier alpha value is -2.46. The van der Waals surface area contributed by atoms with Gasteiger partial charge in [-0.15, -0.1) is 0 Å². The summed E-state index contributed by atoms with van der Waals surface area (Å²) in [4.78, 5) is 32.8. The Morgan fingerprint density at radius 3 is 2.52 bits per heavy atom. The summed E-state index contributed by atoms with van der Waals surface area (Å²) in [6.45, 7) is 7.03. The first-order valence-electron chi connectivity index (χ1n) is 16.2. The number of anilines is 1. The van der Waals surface area contributed by atoms with Crippen molar-refractivity contribution in [3.63, 3.8) is 0 Å². The van der Waals surface area contributed by atoms with E-state index in [4.69, 9.17) is 4.84 Å². The molecule has 1 aromatic rings. The van der Waals surface area contributed by atoms with Crippen molar-refractivity contribution in [2.75, 3.05) is 31.3 Å². The smallest absolute Gasteiger partial charge is 0.193 e. The minimum Gasteiger partial charge on any atom is -0.390 e. The Bertz CT molecular complexity index is 1430. The van der Waals surface area contributed by atoms with Crippen LogP contribution in [-0.2, 0) is 20.8 Å². The van der Waals surface area contributed by atoms with Crippen LogP contribution in [0.5, 0.6) is 0 Å². The second kappa shape index (κ2) is 10.0. The minimum atomic E-state index is -2.26. The molecule has 238 valence electrons. The lowest BCUT2D eigenvalue weighted by Crippen LogP contribution is -2.73. The van der Waals surface area contributed by atoms with Gasteiger partial charge in [0.1, 0.15) is 12.8 Å². The fraction of sp³-hybridized carbons (Fsp3) is 0.657. The van der Waals surface area contributed by atoms with Gasteiger partial charge in [0.15, 0.2) is 22.8 Å². The van der Waals surface area contributed by atoms with E-state index < -0.39 is 64.0 Å². The Morgan fingerprint density at radius 1 is 1.14 bits per heavy atom. The highest BCUT2D eigenvalue weighted by Crippen LogP contribution is 2.77. The molecule has 7 rings (SSSR count). The number of hydrogen-bond donors (Lipinski definition) is 3. The number of benzene rings is 1. The number of nitrogens with one attached hydrogen (secondary N) is 1. The molecule has 2 aliphatic heterocycles. The molecule has 5 fully saturated rings. The van der Waals surface area contributed by atoms with E-state index in [-0.39, 0.29) is 24.2 Å². The van der Waals surface area contributed by atoms with Gasteiger partial charge in [0, 0.05) is 22.7 Å². The van der Waals surface area contributed by atoms with E-state index in [0.29, 0.717) is 18.9 Å². The summed E-state index contributed by atoms with van der Waals surface area (Å²) in [6, 6.07) is 8.19. The maximum Gasteiger partial charge on any atom is 0.193 e. The number of alkyl halides is 2. The molecule has 7 nitrogen and oxygen atoms in total. The molecule has 9 atom stereocenters. The number of nitrogens with zero attached hydrogens (tertiary/aromatic N) is 1. The number of hydroxylamine groups is 1. The summed E-state index contributed by atoms with van der Waals surface area (Å²) in [5.41, 5.74) is -5.25. The van der Waals surface area contributed by atoms with Crippen LogP contribution in [0.2, 0.25) is 0 Å². The van der Waals surface area contributed by atoms with Crippen LogP contribution >= 0.6 is 0 Å². The average Bonchev–Trinajstić information content (AvgIpc) is 3.47. The molecule has 0 spiro atoms. The second-order valence-electron chi connectivity index (χ2n) is 15.0. The quantitative estimate of drug-likeness (QED) is 0.460. The van der Waals surface area contributed by atoms with Gasteiger partial charge in [-0.05, 0) is 105 Å². The highest BCUT2D eigenvalue weighted by molar-refractivity contribution is 6.01. The number of rotatable bonds is 5. The van der Waals surface area contributed by atoms with Gasteiger partial charge in [-0.25, -0.2) is 8.78 Å². The number of ketones is 2. The first-order valence-corrected chi connectivity index (χ1v) is 16.2. The van der Waals surface area contributed by atoms with E-state index >= 15 is 8.78 Å². The molecule has 9 heteroatoms. The Morgan fingerprint density at radius 2 is 1.84 bits per heavy atom. The molecular weight excluding hydrogens is 566 g/mol. The lowest BCUT2D eigenvalue weighted by atomic mass is 9.39. The normalized spacial score (nSPS) is 44.9. The predicted molar refractivity (Wildman–Crippen MR) is 161 cm³/mol. The molecule has 2 saturated heterocycles. The number of Topliss-reactive ketones (excluding diaryl/α,β-unsaturated/α-hetero) is 1. The van der Waals surface area contributed by atoms with Crippen molar-refractivity contribution >= 4 is 17.3 Å². The zero-order valence-corrected chi connectivity index (χ0v) is 25.8. The third kappa shape index (κ3) is 3.73. The lowest BCUT2D eigenvalue weighted by molar-refractivity contribution is -0.256. The second-order valence-corrected chi connectivity index (χ2v) is 15.0. The molecule has 0 unspecified atom stereocenters. The largest absolute Gasteiger partial charge is 0.390 e. The van der Waals surface area contributed by atoms with Gasteiger partial charge >= 0.3 is 0 Å². The van der Waals surface area contributed by atoms with Crippen molar-refractivity contribution in [1.82, 2.24) is 5.32 Å². The molecule has 4 aliphatic carbocycles. The van der Waals surface area contributed by atoms with Crippen LogP contribution in [0.25, 0.3) is 0 Å². The van der Waals surface area contributed by atoms with Crippen LogP contribution in [0, 0.1) is 34.0 Å². The molecule has 2 heterocycles. The Kier molecular flexibility index (Phi) is 6.88. The fourth-order valence-corrected chi connectivity index (χ4v) is 10.7. The van der Waals surface area contributed by atoms with Crippen LogP contribution < -0.4 is 10.4 Å². The molecule has 0 radical (unpaired) electrons. The third-order valence-corrected chi connectivity index (χ3v) is 13.1. The van der Waals surface area contributed by atoms with E-state index in [0.717, 1.165) is 38.0 Å². The number of carbonyl (C=O) groups excluding carboxylic acids is 2. The number of hydrogen-bond acceptors (Lipinski definition) is 7. The van der Waals surface area contributed by atoms with Crippen LogP contribution in [-0.4, -0.2) is 71.6 Å². The van der Waals surface area contributed by atoms with Gasteiger partial charge < -0.3 is 15.5 Å². The van der Waals surface area contributed by atoms with Gasteiger partial charge in [-0.3, -0.25) is 19.5 Å².